The van der Waals surface area contributed by atoms with Crippen molar-refractivity contribution in [3.8, 4) is 0 Å². The second kappa shape index (κ2) is 7.94. The van der Waals surface area contributed by atoms with Crippen molar-refractivity contribution in [3.05, 3.63) is 33.8 Å². The summed E-state index contributed by atoms with van der Waals surface area (Å²) < 4.78 is 4.83. The van der Waals surface area contributed by atoms with E-state index in [0.717, 1.165) is 16.7 Å². The van der Waals surface area contributed by atoms with Crippen LogP contribution >= 0.6 is 11.6 Å². The smallest absolute Gasteiger partial charge is 0.354 e. The van der Waals surface area contributed by atoms with Crippen LogP contribution in [-0.2, 0) is 20.7 Å². The maximum Gasteiger partial charge on any atom is 0.354 e. The van der Waals surface area contributed by atoms with Crippen molar-refractivity contribution in [2.45, 2.75) is 34.1 Å². The molecule has 0 aliphatic rings. The molecular formula is C16H21ClN2O3. The van der Waals surface area contributed by atoms with Gasteiger partial charge in [0, 0.05) is 12.1 Å². The maximum atomic E-state index is 12.3. The molecule has 0 saturated carbocycles. The van der Waals surface area contributed by atoms with Crippen LogP contribution in [-0.4, -0.2) is 36.3 Å². The van der Waals surface area contributed by atoms with E-state index in [4.69, 9.17) is 16.3 Å². The predicted molar refractivity (Wildman–Crippen MR) is 87.1 cm³/mol. The monoisotopic (exact) mass is 324 g/mol. The summed E-state index contributed by atoms with van der Waals surface area (Å²) in [4.78, 5) is 23.8. The van der Waals surface area contributed by atoms with Gasteiger partial charge in [-0.1, -0.05) is 11.6 Å². The molecule has 5 nitrogen and oxygen atoms in total. The normalized spacial score (nSPS) is 11.3. The molecule has 0 aliphatic heterocycles. The first-order valence-corrected chi connectivity index (χ1v) is 7.38. The fourth-order valence-corrected chi connectivity index (χ4v) is 2.37. The highest BCUT2D eigenvalue weighted by molar-refractivity contribution is 6.35. The molecule has 0 saturated heterocycles. The van der Waals surface area contributed by atoms with Crippen molar-refractivity contribution in [2.75, 3.05) is 13.7 Å². The van der Waals surface area contributed by atoms with Crippen LogP contribution in [0.15, 0.2) is 17.2 Å². The number of hydrogen-bond acceptors (Lipinski definition) is 4. The highest BCUT2D eigenvalue weighted by Gasteiger charge is 2.15. The van der Waals surface area contributed by atoms with Crippen LogP contribution in [0, 0.1) is 13.8 Å². The molecule has 0 aromatic heterocycles. The molecule has 0 radical (unpaired) electrons. The van der Waals surface area contributed by atoms with Crippen LogP contribution in [0.25, 0.3) is 0 Å². The number of amides is 1. The summed E-state index contributed by atoms with van der Waals surface area (Å²) in [5.41, 5.74) is 2.98. The van der Waals surface area contributed by atoms with E-state index in [9.17, 15) is 9.59 Å². The molecule has 0 aliphatic carbocycles. The lowest BCUT2D eigenvalue weighted by molar-refractivity contribution is -0.135. The van der Waals surface area contributed by atoms with Crippen LogP contribution in [0.4, 0.5) is 0 Å². The fourth-order valence-electron chi connectivity index (χ4n) is 2.04. The van der Waals surface area contributed by atoms with Gasteiger partial charge in [0.15, 0.2) is 0 Å². The van der Waals surface area contributed by atoms with Gasteiger partial charge in [0.25, 0.3) is 0 Å². The van der Waals surface area contributed by atoms with Crippen LogP contribution in [0.3, 0.4) is 0 Å². The van der Waals surface area contributed by atoms with Gasteiger partial charge >= 0.3 is 5.97 Å². The Morgan fingerprint density at radius 1 is 1.27 bits per heavy atom. The number of hydrazone groups is 1. The summed E-state index contributed by atoms with van der Waals surface area (Å²) in [6, 6.07) is 3.65. The van der Waals surface area contributed by atoms with E-state index in [1.54, 1.807) is 6.92 Å². The van der Waals surface area contributed by atoms with Crippen molar-refractivity contribution in [1.82, 2.24) is 5.01 Å². The van der Waals surface area contributed by atoms with Gasteiger partial charge in [-0.25, -0.2) is 9.80 Å². The highest BCUT2D eigenvalue weighted by Crippen LogP contribution is 2.21. The maximum absolute atomic E-state index is 12.3. The van der Waals surface area contributed by atoms with Gasteiger partial charge in [-0.05, 0) is 56.5 Å². The summed E-state index contributed by atoms with van der Waals surface area (Å²) in [5, 5.41) is 5.78. The van der Waals surface area contributed by atoms with Gasteiger partial charge in [-0.3, -0.25) is 4.79 Å². The molecule has 0 atom stereocenters. The van der Waals surface area contributed by atoms with Crippen molar-refractivity contribution in [1.29, 1.82) is 0 Å². The lowest BCUT2D eigenvalue weighted by Crippen LogP contribution is -2.27. The summed E-state index contributed by atoms with van der Waals surface area (Å²) >= 11 is 5.99. The third kappa shape index (κ3) is 4.84. The number of carbonyl (C=O) groups excluding carboxylic acids is 2. The molecule has 22 heavy (non-hydrogen) atoms. The van der Waals surface area contributed by atoms with E-state index in [2.05, 4.69) is 5.10 Å². The van der Waals surface area contributed by atoms with E-state index in [1.165, 1.54) is 19.0 Å². The molecule has 120 valence electrons. The van der Waals surface area contributed by atoms with Crippen molar-refractivity contribution < 1.29 is 14.3 Å². The Labute approximate surface area is 135 Å². The minimum absolute atomic E-state index is 0.141. The van der Waals surface area contributed by atoms with Crippen LogP contribution in [0.5, 0.6) is 0 Å². The number of ether oxygens (including phenoxy) is 1. The number of hydrogen-bond donors (Lipinski definition) is 0. The number of rotatable bonds is 5. The number of benzene rings is 1. The molecule has 0 N–H and O–H groups in total. The van der Waals surface area contributed by atoms with Gasteiger partial charge in [0.2, 0.25) is 5.91 Å². The third-order valence-corrected chi connectivity index (χ3v) is 3.44. The third-order valence-electron chi connectivity index (χ3n) is 3.22. The summed E-state index contributed by atoms with van der Waals surface area (Å²) in [5.74, 6) is -0.738. The molecule has 1 aromatic rings. The Balaban J connectivity index is 2.85. The number of esters is 1. The fraction of sp³-hybridized carbons (Fsp3) is 0.438. The summed E-state index contributed by atoms with van der Waals surface area (Å²) in [7, 11) is 1.52. The van der Waals surface area contributed by atoms with Crippen LogP contribution < -0.4 is 0 Å². The van der Waals surface area contributed by atoms with Gasteiger partial charge < -0.3 is 4.74 Å². The lowest BCUT2D eigenvalue weighted by Gasteiger charge is -2.15. The number of aryl methyl sites for hydroxylation is 2. The number of halogens is 1. The number of likely N-dealkylation sites (N-methyl/N-ethyl adjacent to an activating group) is 1. The standard InChI is InChI=1S/C16H21ClN2O3/c1-6-22-16(21)12(4)18-19(5)15(20)9-14-10(2)7-13(17)8-11(14)3/h7-8H,6,9H2,1-5H3. The average Bonchev–Trinajstić information content (AvgIpc) is 2.42. The second-order valence-electron chi connectivity index (χ2n) is 5.02. The Morgan fingerprint density at radius 2 is 1.82 bits per heavy atom. The van der Waals surface area contributed by atoms with E-state index in [1.807, 2.05) is 26.0 Å². The molecule has 0 unspecified atom stereocenters. The molecular weight excluding hydrogens is 304 g/mol. The number of nitrogens with zero attached hydrogens (tertiary/aromatic N) is 2. The molecule has 1 aromatic carbocycles. The first-order valence-electron chi connectivity index (χ1n) is 7.00. The topological polar surface area (TPSA) is 59.0 Å². The van der Waals surface area contributed by atoms with Gasteiger partial charge in [0.05, 0.1) is 13.0 Å². The first kappa shape index (κ1) is 18.2. The van der Waals surface area contributed by atoms with E-state index in [-0.39, 0.29) is 24.6 Å². The van der Waals surface area contributed by atoms with Crippen LogP contribution in [0.2, 0.25) is 5.02 Å². The highest BCUT2D eigenvalue weighted by atomic mass is 35.5. The first-order chi connectivity index (χ1) is 10.3. The summed E-state index contributed by atoms with van der Waals surface area (Å²) in [6.45, 7) is 7.32. The predicted octanol–water partition coefficient (Wildman–Crippen LogP) is 2.90. The Hall–Kier alpha value is -1.88. The SMILES string of the molecule is CCOC(=O)C(C)=NN(C)C(=O)Cc1c(C)cc(Cl)cc1C. The molecule has 0 heterocycles. The zero-order valence-electron chi connectivity index (χ0n) is 13.6. The Kier molecular flexibility index (Phi) is 6.56. The molecule has 1 amide bonds. The zero-order valence-corrected chi connectivity index (χ0v) is 14.3. The van der Waals surface area contributed by atoms with Crippen molar-refractivity contribution >= 4 is 29.2 Å². The van der Waals surface area contributed by atoms with Gasteiger partial charge in [-0.15, -0.1) is 0 Å². The average molecular weight is 325 g/mol. The van der Waals surface area contributed by atoms with E-state index < -0.39 is 5.97 Å². The zero-order chi connectivity index (χ0) is 16.9. The van der Waals surface area contributed by atoms with Gasteiger partial charge in [0.1, 0.15) is 5.71 Å². The van der Waals surface area contributed by atoms with Crippen LogP contribution in [0.1, 0.15) is 30.5 Å². The molecule has 1 rings (SSSR count). The van der Waals surface area contributed by atoms with Crippen molar-refractivity contribution in [2.24, 2.45) is 5.10 Å². The number of carbonyl (C=O) groups is 2. The van der Waals surface area contributed by atoms with Crippen molar-refractivity contribution in [3.63, 3.8) is 0 Å². The largest absolute Gasteiger partial charge is 0.461 e. The van der Waals surface area contributed by atoms with E-state index >= 15 is 0 Å². The second-order valence-corrected chi connectivity index (χ2v) is 5.45. The molecule has 6 heteroatoms. The molecule has 0 fully saturated rings. The Bertz CT molecular complexity index is 588. The summed E-state index contributed by atoms with van der Waals surface area (Å²) in [6.07, 6.45) is 0.199. The molecule has 0 bridgehead atoms. The minimum Gasteiger partial charge on any atom is -0.461 e. The molecule has 0 spiro atoms. The van der Waals surface area contributed by atoms with Gasteiger partial charge in [-0.2, -0.15) is 5.10 Å². The van der Waals surface area contributed by atoms with E-state index in [0.29, 0.717) is 5.02 Å². The Morgan fingerprint density at radius 3 is 2.32 bits per heavy atom. The lowest BCUT2D eigenvalue weighted by atomic mass is 10.00. The quantitative estimate of drug-likeness (QED) is 0.475. The minimum atomic E-state index is -0.527.